The first-order valence-corrected chi connectivity index (χ1v) is 2.13. The minimum atomic E-state index is -2.45. The Hall–Kier alpha value is -0.920. The van der Waals surface area contributed by atoms with Gasteiger partial charge in [-0.25, -0.2) is 4.39 Å². The molecule has 1 aromatic rings. The second-order valence-electron chi connectivity index (χ2n) is 1.33. The fraction of sp³-hybridized carbons (Fsp3) is 0.167. The van der Waals surface area contributed by atoms with Gasteiger partial charge in [0.25, 0.3) is 0 Å². The molecular formula is C6H6FN. The molecule has 0 saturated carbocycles. The highest BCUT2D eigenvalue weighted by Crippen LogP contribution is 1.97. The Morgan fingerprint density at radius 2 is 2.75 bits per heavy atom. The van der Waals surface area contributed by atoms with Crippen LogP contribution in [0.4, 0.5) is 4.39 Å². The van der Waals surface area contributed by atoms with E-state index >= 15 is 0 Å². The maximum absolute atomic E-state index is 12.7. The summed E-state index contributed by atoms with van der Waals surface area (Å²) in [4.78, 5) is 3.41. The Balaban J connectivity index is 3.14. The summed E-state index contributed by atoms with van der Waals surface area (Å²) in [6.45, 7) is -2.45. The number of aromatic nitrogens is 1. The largest absolute Gasteiger partial charge is 0.259 e. The van der Waals surface area contributed by atoms with Crippen LogP contribution in [0.3, 0.4) is 0 Å². The zero-order valence-corrected chi connectivity index (χ0v) is 4.06. The number of nitrogens with zero attached hydrogens (tertiary/aromatic N) is 1. The van der Waals surface area contributed by atoms with Crippen LogP contribution in [0.2, 0.25) is 0 Å². The maximum atomic E-state index is 12.7. The minimum absolute atomic E-state index is 0.472. The van der Waals surface area contributed by atoms with Gasteiger partial charge in [0, 0.05) is 10.3 Å². The van der Waals surface area contributed by atoms with Gasteiger partial charge in [-0.1, -0.05) is 0 Å². The number of pyridine rings is 1. The van der Waals surface area contributed by atoms with Crippen LogP contribution in [0.5, 0.6) is 0 Å². The molecule has 0 unspecified atom stereocenters. The van der Waals surface area contributed by atoms with Gasteiger partial charge in [-0.2, -0.15) is 0 Å². The van der Waals surface area contributed by atoms with E-state index in [0.29, 0.717) is 0 Å². The lowest BCUT2D eigenvalue weighted by Gasteiger charge is -1.88. The Labute approximate surface area is 51.4 Å². The second kappa shape index (κ2) is 1.90. The average molecular weight is 114 g/mol. The highest BCUT2D eigenvalue weighted by molar-refractivity contribution is 5.03. The van der Waals surface area contributed by atoms with Crippen molar-refractivity contribution in [3.8, 4) is 0 Å². The van der Waals surface area contributed by atoms with Crippen molar-refractivity contribution in [3.05, 3.63) is 29.8 Å². The van der Waals surface area contributed by atoms with Gasteiger partial charge in [0.05, 0.1) is 5.69 Å². The molecule has 0 N–H and O–H groups in total. The zero-order chi connectivity index (χ0) is 8.48. The quantitative estimate of drug-likeness (QED) is 0.498. The lowest BCUT2D eigenvalue weighted by molar-refractivity contribution is 0.610. The Morgan fingerprint density at radius 1 is 1.88 bits per heavy atom. The molecule has 0 aliphatic heterocycles. The summed E-state index contributed by atoms with van der Waals surface area (Å²) < 4.78 is 33.2. The third-order valence-corrected chi connectivity index (χ3v) is 0.758. The summed E-state index contributed by atoms with van der Waals surface area (Å²) in [6.07, 6.45) is 1.25. The number of hydrogen-bond acceptors (Lipinski definition) is 1. The van der Waals surface area contributed by atoms with Crippen molar-refractivity contribution in [2.75, 3.05) is 0 Å². The number of hydrogen-bond donors (Lipinski definition) is 0. The van der Waals surface area contributed by atoms with Gasteiger partial charge in [-0.3, -0.25) is 4.98 Å². The summed E-state index contributed by atoms with van der Waals surface area (Å²) in [5.41, 5.74) is -0.472. The van der Waals surface area contributed by atoms with Crippen LogP contribution in [-0.4, -0.2) is 4.98 Å². The third-order valence-electron chi connectivity index (χ3n) is 0.758. The van der Waals surface area contributed by atoms with Gasteiger partial charge < -0.3 is 0 Å². The Bertz CT molecular complexity index is 258. The van der Waals surface area contributed by atoms with Crippen molar-refractivity contribution in [2.24, 2.45) is 0 Å². The normalized spacial score (nSPS) is 16.4. The maximum Gasteiger partial charge on any atom is 0.144 e. The first-order valence-electron chi connectivity index (χ1n) is 3.63. The van der Waals surface area contributed by atoms with Crippen molar-refractivity contribution in [3.63, 3.8) is 0 Å². The molecule has 42 valence electrons. The van der Waals surface area contributed by atoms with Crippen molar-refractivity contribution >= 4 is 0 Å². The lowest BCUT2D eigenvalue weighted by atomic mass is 10.4. The molecule has 0 fully saturated rings. The molecule has 8 heavy (non-hydrogen) atoms. The van der Waals surface area contributed by atoms with E-state index in [9.17, 15) is 4.39 Å². The second-order valence-corrected chi connectivity index (χ2v) is 1.33. The van der Waals surface area contributed by atoms with E-state index in [1.165, 1.54) is 12.3 Å². The van der Waals surface area contributed by atoms with Crippen LogP contribution in [0.25, 0.3) is 0 Å². The molecule has 0 radical (unpaired) electrons. The molecule has 0 amide bonds. The molecule has 0 aliphatic carbocycles. The van der Waals surface area contributed by atoms with Crippen LogP contribution in [0, 0.1) is 12.7 Å². The minimum Gasteiger partial charge on any atom is -0.259 e. The number of aryl methyl sites for hydroxylation is 1. The van der Waals surface area contributed by atoms with Crippen molar-refractivity contribution in [1.29, 1.82) is 0 Å². The molecule has 0 aromatic carbocycles. The van der Waals surface area contributed by atoms with Crippen LogP contribution >= 0.6 is 0 Å². The monoisotopic (exact) mass is 114 g/mol. The van der Waals surface area contributed by atoms with E-state index in [1.54, 1.807) is 0 Å². The predicted molar refractivity (Wildman–Crippen MR) is 28.9 cm³/mol. The van der Waals surface area contributed by atoms with Gasteiger partial charge in [-0.05, 0) is 19.0 Å². The van der Waals surface area contributed by atoms with Crippen molar-refractivity contribution < 1.29 is 8.50 Å². The summed E-state index contributed by atoms with van der Waals surface area (Å²) in [5, 5.41) is 0. The Morgan fingerprint density at radius 3 is 3.25 bits per heavy atom. The summed E-state index contributed by atoms with van der Waals surface area (Å²) >= 11 is 0. The van der Waals surface area contributed by atoms with Gasteiger partial charge in [-0.15, -0.1) is 0 Å². The smallest absolute Gasteiger partial charge is 0.144 e. The average Bonchev–Trinajstić information content (AvgIpc) is 1.86. The van der Waals surface area contributed by atoms with E-state index in [0.717, 1.165) is 6.07 Å². The summed E-state index contributed by atoms with van der Waals surface area (Å²) in [6, 6.07) is 2.43. The van der Waals surface area contributed by atoms with Gasteiger partial charge in [0.1, 0.15) is 5.82 Å². The highest BCUT2D eigenvalue weighted by atomic mass is 19.1. The molecule has 1 heterocycles. The van der Waals surface area contributed by atoms with Crippen LogP contribution in [-0.2, 0) is 0 Å². The SMILES string of the molecule is [2H]C([2H])([2H])c1ncccc1F. The molecule has 2 heteroatoms. The van der Waals surface area contributed by atoms with Crippen LogP contribution in [0.15, 0.2) is 18.3 Å². The molecule has 0 aliphatic rings. The fourth-order valence-corrected chi connectivity index (χ4v) is 0.386. The van der Waals surface area contributed by atoms with Crippen LogP contribution in [0.1, 0.15) is 9.81 Å². The number of halogens is 1. The van der Waals surface area contributed by atoms with E-state index in [2.05, 4.69) is 4.98 Å². The molecule has 0 atom stereocenters. The Kier molecular flexibility index (Phi) is 0.613. The van der Waals surface area contributed by atoms with E-state index in [1.807, 2.05) is 0 Å². The standard InChI is InChI=1S/C6H6FN/c1-5-6(7)3-2-4-8-5/h2-4H,1H3/i1D3. The lowest BCUT2D eigenvalue weighted by Crippen LogP contribution is -1.82. The van der Waals surface area contributed by atoms with Gasteiger partial charge in [0.2, 0.25) is 0 Å². The summed E-state index contributed by atoms with van der Waals surface area (Å²) in [5.74, 6) is -0.785. The van der Waals surface area contributed by atoms with Crippen LogP contribution < -0.4 is 0 Å². The van der Waals surface area contributed by atoms with Crippen molar-refractivity contribution in [1.82, 2.24) is 4.98 Å². The first-order chi connectivity index (χ1) is 5.02. The molecule has 0 saturated heterocycles. The topological polar surface area (TPSA) is 12.9 Å². The zero-order valence-electron chi connectivity index (χ0n) is 7.06. The molecule has 1 rings (SSSR count). The van der Waals surface area contributed by atoms with Gasteiger partial charge in [0.15, 0.2) is 0 Å². The summed E-state index contributed by atoms with van der Waals surface area (Å²) in [7, 11) is 0. The molecule has 1 aromatic heterocycles. The molecule has 0 spiro atoms. The van der Waals surface area contributed by atoms with E-state index < -0.39 is 18.4 Å². The van der Waals surface area contributed by atoms with E-state index in [4.69, 9.17) is 4.11 Å². The van der Waals surface area contributed by atoms with Crippen molar-refractivity contribution in [2.45, 2.75) is 6.85 Å². The molecule has 1 nitrogen and oxygen atoms in total. The predicted octanol–water partition coefficient (Wildman–Crippen LogP) is 1.53. The third kappa shape index (κ3) is 0.832. The fourth-order valence-electron chi connectivity index (χ4n) is 0.386. The van der Waals surface area contributed by atoms with E-state index in [-0.39, 0.29) is 0 Å². The van der Waals surface area contributed by atoms with Gasteiger partial charge >= 0.3 is 0 Å². The number of rotatable bonds is 0. The molecular weight excluding hydrogens is 105 g/mol. The molecule has 0 bridgehead atoms. The first kappa shape index (κ1) is 2.58. The highest BCUT2D eigenvalue weighted by Gasteiger charge is 1.90.